The van der Waals surface area contributed by atoms with Crippen LogP contribution in [0, 0.1) is 11.8 Å². The molecule has 1 saturated heterocycles. The second kappa shape index (κ2) is 13.7. The Morgan fingerprint density at radius 2 is 1.94 bits per heavy atom. The minimum atomic E-state index is -4.24. The van der Waals surface area contributed by atoms with Crippen molar-refractivity contribution in [2.75, 3.05) is 51.4 Å². The molecule has 5 aliphatic rings. The first-order valence-corrected chi connectivity index (χ1v) is 19.4. The van der Waals surface area contributed by atoms with Gasteiger partial charge in [0, 0.05) is 43.1 Å². The highest BCUT2D eigenvalue weighted by Gasteiger charge is 2.45. The monoisotopic (exact) mass is 727 g/mol. The number of hydrogen-bond acceptors (Lipinski definition) is 9. The summed E-state index contributed by atoms with van der Waals surface area (Å²) in [5, 5.41) is 0.701. The van der Waals surface area contributed by atoms with Gasteiger partial charge in [-0.05, 0) is 106 Å². The van der Waals surface area contributed by atoms with Crippen LogP contribution in [0.3, 0.4) is 0 Å². The average Bonchev–Trinajstić information content (AvgIpc) is 3.50. The smallest absolute Gasteiger partial charge is 0.410 e. The summed E-state index contributed by atoms with van der Waals surface area (Å²) in [5.74, 6) is -0.0443. The first-order chi connectivity index (χ1) is 23.9. The number of ether oxygens (including phenoxy) is 4. The van der Waals surface area contributed by atoms with Crippen molar-refractivity contribution in [2.45, 2.75) is 80.5 Å². The summed E-state index contributed by atoms with van der Waals surface area (Å²) in [6, 6.07) is 10.9. The van der Waals surface area contributed by atoms with Gasteiger partial charge in [0.2, 0.25) is 0 Å². The first kappa shape index (κ1) is 35.1. The number of fused-ring (bicyclic) bond motifs is 4. The molecule has 50 heavy (non-hydrogen) atoms. The summed E-state index contributed by atoms with van der Waals surface area (Å²) >= 11 is 6.44. The molecule has 2 aliphatic carbocycles. The maximum Gasteiger partial charge on any atom is 0.410 e. The Hall–Kier alpha value is -3.32. The van der Waals surface area contributed by atoms with Gasteiger partial charge < -0.3 is 28.7 Å². The van der Waals surface area contributed by atoms with Gasteiger partial charge in [0.1, 0.15) is 17.5 Å². The fourth-order valence-corrected chi connectivity index (χ4v) is 9.48. The summed E-state index contributed by atoms with van der Waals surface area (Å²) in [7, 11) is -2.59. The van der Waals surface area contributed by atoms with Gasteiger partial charge in [-0.2, -0.15) is 0 Å². The predicted molar refractivity (Wildman–Crippen MR) is 188 cm³/mol. The molecule has 3 heterocycles. The lowest BCUT2D eigenvalue weighted by Gasteiger charge is -2.46. The van der Waals surface area contributed by atoms with Crippen LogP contribution in [0.1, 0.15) is 57.1 Å². The third-order valence-corrected chi connectivity index (χ3v) is 12.8. The lowest BCUT2D eigenvalue weighted by molar-refractivity contribution is -0.139. The summed E-state index contributed by atoms with van der Waals surface area (Å²) in [6.07, 6.45) is 8.05. The Morgan fingerprint density at radius 1 is 1.10 bits per heavy atom. The number of carbonyl (C=O) groups is 2. The topological polar surface area (TPSA) is 124 Å². The molecule has 1 saturated carbocycles. The zero-order valence-corrected chi connectivity index (χ0v) is 30.4. The van der Waals surface area contributed by atoms with E-state index in [1.807, 2.05) is 18.2 Å². The molecular weight excluding hydrogens is 682 g/mol. The molecule has 0 unspecified atom stereocenters. The molecule has 3 aliphatic heterocycles. The van der Waals surface area contributed by atoms with Gasteiger partial charge in [0.15, 0.2) is 0 Å². The van der Waals surface area contributed by atoms with E-state index < -0.39 is 27.6 Å². The van der Waals surface area contributed by atoms with E-state index in [-0.39, 0.29) is 41.0 Å². The molecule has 2 amide bonds. The van der Waals surface area contributed by atoms with Gasteiger partial charge >= 0.3 is 6.09 Å². The van der Waals surface area contributed by atoms with E-state index in [1.54, 1.807) is 30.2 Å². The van der Waals surface area contributed by atoms with Crippen LogP contribution in [0.2, 0.25) is 5.02 Å². The molecule has 5 atom stereocenters. The molecule has 270 valence electrons. The van der Waals surface area contributed by atoms with Crippen molar-refractivity contribution in [3.63, 3.8) is 0 Å². The normalized spacial score (nSPS) is 30.9. The second-order valence-electron chi connectivity index (χ2n) is 14.9. The summed E-state index contributed by atoms with van der Waals surface area (Å²) in [4.78, 5) is 30.6. The van der Waals surface area contributed by atoms with Crippen molar-refractivity contribution in [1.29, 1.82) is 0 Å². The van der Waals surface area contributed by atoms with Crippen LogP contribution < -0.4 is 14.4 Å². The van der Waals surface area contributed by atoms with Crippen LogP contribution in [0.25, 0.3) is 0 Å². The van der Waals surface area contributed by atoms with E-state index in [0.717, 1.165) is 38.5 Å². The maximum absolute atomic E-state index is 13.6. The maximum atomic E-state index is 13.6. The molecule has 0 radical (unpaired) electrons. The minimum Gasteiger partial charge on any atom is -0.490 e. The van der Waals surface area contributed by atoms with E-state index >= 15 is 0 Å². The second-order valence-corrected chi connectivity index (χ2v) is 17.0. The highest BCUT2D eigenvalue weighted by molar-refractivity contribution is 7.90. The van der Waals surface area contributed by atoms with Crippen molar-refractivity contribution < 1.29 is 37.0 Å². The van der Waals surface area contributed by atoms with Gasteiger partial charge in [-0.25, -0.2) is 17.9 Å². The third-order valence-electron chi connectivity index (χ3n) is 11.3. The number of methoxy groups -OCH3 is 1. The molecule has 0 aromatic heterocycles. The largest absolute Gasteiger partial charge is 0.490 e. The summed E-state index contributed by atoms with van der Waals surface area (Å²) < 4.78 is 53.7. The third kappa shape index (κ3) is 6.83. The quantitative estimate of drug-likeness (QED) is 0.414. The Morgan fingerprint density at radius 3 is 2.70 bits per heavy atom. The van der Waals surface area contributed by atoms with Crippen molar-refractivity contribution in [3.05, 3.63) is 64.7 Å². The number of aryl methyl sites for hydroxylation is 1. The van der Waals surface area contributed by atoms with Crippen LogP contribution >= 0.6 is 11.6 Å². The number of sulfonamides is 1. The van der Waals surface area contributed by atoms with Gasteiger partial charge in [-0.15, -0.1) is 0 Å². The Labute approximate surface area is 299 Å². The number of nitrogens with zero attached hydrogens (tertiary/aromatic N) is 2. The highest BCUT2D eigenvalue weighted by Crippen LogP contribution is 2.47. The van der Waals surface area contributed by atoms with Crippen LogP contribution in [0.4, 0.5) is 10.5 Å². The predicted octanol–water partition coefficient (Wildman–Crippen LogP) is 5.24. The first-order valence-electron chi connectivity index (χ1n) is 17.5. The number of hydrogen-bond donors (Lipinski definition) is 1. The van der Waals surface area contributed by atoms with Crippen molar-refractivity contribution in [1.82, 2.24) is 9.62 Å². The molecule has 2 fully saturated rings. The van der Waals surface area contributed by atoms with Gasteiger partial charge in [0.25, 0.3) is 15.9 Å². The number of carbonyl (C=O) groups excluding carboxylic acids is 2. The standard InChI is InChI=1S/C37H46ClN3O8S/c1-36(2)34(42)39-50(44,45)28-10-13-33-31(19-28)41(22-37(23-47-33)15-4-6-24-18-26(38)9-12-30(24)37)20-25-8-11-29(25)32(7-5-17-48-36)49-35(43)40-16-14-27(21-40)46-3/h5,7,9-10,12-13,18-19,25,27,29,32H,4,6,8,11,14-17,20-23H2,1-3H3,(H,39,42)/b7-5+/t25-,27+,29+,32-,37-/m0/s1. The fraction of sp³-hybridized carbons (Fsp3) is 0.568. The highest BCUT2D eigenvalue weighted by atomic mass is 35.5. The van der Waals surface area contributed by atoms with Crippen LogP contribution in [-0.4, -0.2) is 89.6 Å². The molecule has 2 aromatic rings. The molecular formula is C37H46ClN3O8S. The molecule has 1 spiro atoms. The zero-order valence-electron chi connectivity index (χ0n) is 28.9. The summed E-state index contributed by atoms with van der Waals surface area (Å²) in [5.41, 5.74) is 1.24. The van der Waals surface area contributed by atoms with Gasteiger partial charge in [-0.3, -0.25) is 4.79 Å². The van der Waals surface area contributed by atoms with E-state index in [4.69, 9.17) is 30.5 Å². The number of likely N-dealkylation sites (tertiary alicyclic amines) is 1. The number of benzene rings is 2. The van der Waals surface area contributed by atoms with Crippen molar-refractivity contribution >= 4 is 39.3 Å². The number of halogens is 1. The number of anilines is 1. The SMILES string of the molecule is CO[C@@H]1CCN(C(=O)O[C@H]2/C=C/COC(C)(C)C(=O)NS(=O)(=O)c3ccc4c(c3)N(C[C@@H]3CC[C@H]32)C[C@@]2(CCCc3cc(Cl)ccc32)CO4)C1. The lowest BCUT2D eigenvalue weighted by Crippen LogP contribution is -2.50. The molecule has 7 rings (SSSR count). The van der Waals surface area contributed by atoms with Crippen LogP contribution in [-0.2, 0) is 40.9 Å². The van der Waals surface area contributed by atoms with Crippen LogP contribution in [0.5, 0.6) is 5.75 Å². The molecule has 2 bridgehead atoms. The van der Waals surface area contributed by atoms with Crippen LogP contribution in [0.15, 0.2) is 53.4 Å². The van der Waals surface area contributed by atoms with Crippen molar-refractivity contribution in [2.24, 2.45) is 11.8 Å². The van der Waals surface area contributed by atoms with Gasteiger partial charge in [0.05, 0.1) is 36.4 Å². The summed E-state index contributed by atoms with van der Waals surface area (Å²) in [6.45, 7) is 5.74. The minimum absolute atomic E-state index is 0.0133. The fourth-order valence-electron chi connectivity index (χ4n) is 8.16. The number of rotatable bonds is 2. The van der Waals surface area contributed by atoms with E-state index in [0.29, 0.717) is 49.2 Å². The van der Waals surface area contributed by atoms with E-state index in [9.17, 15) is 18.0 Å². The van der Waals surface area contributed by atoms with E-state index in [2.05, 4.69) is 15.7 Å². The lowest BCUT2D eigenvalue weighted by atomic mass is 9.68. The van der Waals surface area contributed by atoms with Gasteiger partial charge in [-0.1, -0.05) is 23.7 Å². The average molecular weight is 728 g/mol. The Kier molecular flexibility index (Phi) is 9.59. The van der Waals surface area contributed by atoms with Crippen molar-refractivity contribution in [3.8, 4) is 5.75 Å². The number of nitrogens with one attached hydrogen (secondary N) is 1. The Bertz CT molecular complexity index is 1780. The van der Waals surface area contributed by atoms with E-state index in [1.165, 1.54) is 31.0 Å². The zero-order chi connectivity index (χ0) is 35.3. The molecule has 13 heteroatoms. The molecule has 2 aromatic carbocycles. The number of amides is 2. The Balaban J connectivity index is 1.27. The molecule has 1 N–H and O–H groups in total. The molecule has 11 nitrogen and oxygen atoms in total.